The molecule has 3 aromatic rings. The van der Waals surface area contributed by atoms with Crippen LogP contribution in [0.2, 0.25) is 0 Å². The molecule has 0 fully saturated rings. The van der Waals surface area contributed by atoms with Crippen molar-refractivity contribution in [1.82, 2.24) is 4.57 Å². The molecule has 1 amide bonds. The lowest BCUT2D eigenvalue weighted by molar-refractivity contribution is -0.116. The van der Waals surface area contributed by atoms with Gasteiger partial charge in [0, 0.05) is 17.1 Å². The summed E-state index contributed by atoms with van der Waals surface area (Å²) in [5.41, 5.74) is 2.02. The van der Waals surface area contributed by atoms with Gasteiger partial charge in [0.15, 0.2) is 0 Å². The Labute approximate surface area is 167 Å². The smallest absolute Gasteiger partial charge is 0.338 e. The molecular formula is C22H22N2O5. The van der Waals surface area contributed by atoms with Crippen molar-refractivity contribution in [2.24, 2.45) is 0 Å². The van der Waals surface area contributed by atoms with Gasteiger partial charge in [-0.25, -0.2) is 4.79 Å². The van der Waals surface area contributed by atoms with Gasteiger partial charge in [-0.15, -0.1) is 0 Å². The minimum Gasteiger partial charge on any atom is -0.495 e. The van der Waals surface area contributed by atoms with Crippen LogP contribution >= 0.6 is 0 Å². The Bertz CT molecular complexity index is 1120. The summed E-state index contributed by atoms with van der Waals surface area (Å²) in [6.07, 6.45) is 0. The number of aryl methyl sites for hydroxylation is 1. The van der Waals surface area contributed by atoms with E-state index in [9.17, 15) is 14.4 Å². The number of methoxy groups -OCH3 is 1. The molecule has 0 radical (unpaired) electrons. The van der Waals surface area contributed by atoms with Crippen LogP contribution in [0.5, 0.6) is 5.75 Å². The first-order chi connectivity index (χ1) is 13.9. The van der Waals surface area contributed by atoms with Crippen molar-refractivity contribution < 1.29 is 19.1 Å². The molecule has 0 aliphatic rings. The Morgan fingerprint density at radius 3 is 2.48 bits per heavy atom. The molecule has 1 N–H and O–H groups in total. The highest BCUT2D eigenvalue weighted by molar-refractivity contribution is 5.94. The van der Waals surface area contributed by atoms with Crippen molar-refractivity contribution in [3.05, 3.63) is 70.0 Å². The minimum atomic E-state index is -0.421. The lowest BCUT2D eigenvalue weighted by Gasteiger charge is -2.15. The van der Waals surface area contributed by atoms with Crippen LogP contribution in [0.15, 0.2) is 53.3 Å². The molecule has 0 saturated carbocycles. The van der Waals surface area contributed by atoms with Crippen LogP contribution in [0.3, 0.4) is 0 Å². The number of amides is 1. The third kappa shape index (κ3) is 4.29. The van der Waals surface area contributed by atoms with Gasteiger partial charge in [0.05, 0.1) is 24.8 Å². The van der Waals surface area contributed by atoms with Crippen LogP contribution in [0.1, 0.15) is 22.8 Å². The number of ether oxygens (including phenoxy) is 2. The fraction of sp³-hybridized carbons (Fsp3) is 0.227. The average molecular weight is 394 g/mol. The number of anilines is 1. The van der Waals surface area contributed by atoms with E-state index in [4.69, 9.17) is 9.47 Å². The zero-order valence-corrected chi connectivity index (χ0v) is 16.5. The van der Waals surface area contributed by atoms with E-state index < -0.39 is 5.97 Å². The van der Waals surface area contributed by atoms with E-state index in [1.807, 2.05) is 19.1 Å². The van der Waals surface area contributed by atoms with Crippen molar-refractivity contribution in [2.75, 3.05) is 19.0 Å². The van der Waals surface area contributed by atoms with Crippen molar-refractivity contribution in [3.63, 3.8) is 0 Å². The maximum absolute atomic E-state index is 12.6. The number of nitrogens with zero attached hydrogens (tertiary/aromatic N) is 1. The van der Waals surface area contributed by atoms with E-state index in [1.54, 1.807) is 37.3 Å². The maximum Gasteiger partial charge on any atom is 0.338 e. The SMILES string of the molecule is CCOC(=O)c1ccc(NC(=O)Cn2c(=O)cc(C)c3cccc(OC)c32)cc1. The quantitative estimate of drug-likeness (QED) is 0.649. The second kappa shape index (κ2) is 8.60. The van der Waals surface area contributed by atoms with Gasteiger partial charge in [-0.2, -0.15) is 0 Å². The molecule has 0 aliphatic carbocycles. The number of esters is 1. The van der Waals surface area contributed by atoms with Crippen molar-refractivity contribution in [2.45, 2.75) is 20.4 Å². The van der Waals surface area contributed by atoms with E-state index in [0.717, 1.165) is 10.9 Å². The lowest BCUT2D eigenvalue weighted by Crippen LogP contribution is -2.28. The number of hydrogen-bond acceptors (Lipinski definition) is 5. The van der Waals surface area contributed by atoms with Crippen molar-refractivity contribution >= 4 is 28.5 Å². The van der Waals surface area contributed by atoms with E-state index >= 15 is 0 Å². The summed E-state index contributed by atoms with van der Waals surface area (Å²) in [6.45, 7) is 3.70. The van der Waals surface area contributed by atoms with Crippen LogP contribution in [-0.2, 0) is 16.1 Å². The van der Waals surface area contributed by atoms with Gasteiger partial charge < -0.3 is 14.8 Å². The summed E-state index contributed by atoms with van der Waals surface area (Å²) >= 11 is 0. The molecule has 7 heteroatoms. The van der Waals surface area contributed by atoms with Gasteiger partial charge in [-0.3, -0.25) is 14.2 Å². The van der Waals surface area contributed by atoms with E-state index in [-0.39, 0.29) is 18.0 Å². The number of benzene rings is 2. The van der Waals surface area contributed by atoms with Crippen LogP contribution in [0.25, 0.3) is 10.9 Å². The molecule has 2 aromatic carbocycles. The van der Waals surface area contributed by atoms with Gasteiger partial charge in [-0.1, -0.05) is 12.1 Å². The predicted octanol–water partition coefficient (Wildman–Crippen LogP) is 3.13. The van der Waals surface area contributed by atoms with E-state index in [2.05, 4.69) is 5.32 Å². The first-order valence-electron chi connectivity index (χ1n) is 9.18. The molecule has 1 aromatic heterocycles. The molecule has 0 atom stereocenters. The molecule has 150 valence electrons. The maximum atomic E-state index is 12.6. The zero-order chi connectivity index (χ0) is 21.0. The highest BCUT2D eigenvalue weighted by atomic mass is 16.5. The molecule has 3 rings (SSSR count). The van der Waals surface area contributed by atoms with Crippen LogP contribution < -0.4 is 15.6 Å². The molecule has 1 heterocycles. The van der Waals surface area contributed by atoms with Crippen molar-refractivity contribution in [1.29, 1.82) is 0 Å². The number of carbonyl (C=O) groups is 2. The molecule has 0 unspecified atom stereocenters. The second-order valence-corrected chi connectivity index (χ2v) is 6.45. The molecular weight excluding hydrogens is 372 g/mol. The lowest BCUT2D eigenvalue weighted by atomic mass is 10.1. The topological polar surface area (TPSA) is 86.6 Å². The van der Waals surface area contributed by atoms with Crippen molar-refractivity contribution in [3.8, 4) is 5.75 Å². The van der Waals surface area contributed by atoms with Gasteiger partial charge in [-0.05, 0) is 49.7 Å². The Morgan fingerprint density at radius 2 is 1.83 bits per heavy atom. The Hall–Kier alpha value is -3.61. The third-order valence-corrected chi connectivity index (χ3v) is 4.50. The van der Waals surface area contributed by atoms with Gasteiger partial charge in [0.2, 0.25) is 5.91 Å². The number of aromatic nitrogens is 1. The number of fused-ring (bicyclic) bond motifs is 1. The number of para-hydroxylation sites is 1. The molecule has 7 nitrogen and oxygen atoms in total. The van der Waals surface area contributed by atoms with Crippen LogP contribution in [0, 0.1) is 6.92 Å². The Kier molecular flexibility index (Phi) is 5.97. The summed E-state index contributed by atoms with van der Waals surface area (Å²) in [7, 11) is 1.52. The molecule has 29 heavy (non-hydrogen) atoms. The predicted molar refractivity (Wildman–Crippen MR) is 111 cm³/mol. The highest BCUT2D eigenvalue weighted by Crippen LogP contribution is 2.26. The average Bonchev–Trinajstić information content (AvgIpc) is 2.71. The summed E-state index contributed by atoms with van der Waals surface area (Å²) in [5, 5.41) is 3.58. The monoisotopic (exact) mass is 394 g/mol. The summed E-state index contributed by atoms with van der Waals surface area (Å²) in [5.74, 6) is -0.267. The second-order valence-electron chi connectivity index (χ2n) is 6.45. The zero-order valence-electron chi connectivity index (χ0n) is 16.5. The largest absolute Gasteiger partial charge is 0.495 e. The van der Waals surface area contributed by atoms with Gasteiger partial charge in [0.25, 0.3) is 5.56 Å². The Balaban J connectivity index is 1.85. The first kappa shape index (κ1) is 20.1. The van der Waals surface area contributed by atoms with Crippen LogP contribution in [-0.4, -0.2) is 30.2 Å². The van der Waals surface area contributed by atoms with E-state index in [0.29, 0.717) is 29.1 Å². The Morgan fingerprint density at radius 1 is 1.10 bits per heavy atom. The number of carbonyl (C=O) groups excluding carboxylic acids is 2. The van der Waals surface area contributed by atoms with Gasteiger partial charge in [0.1, 0.15) is 12.3 Å². The first-order valence-corrected chi connectivity index (χ1v) is 9.18. The number of nitrogens with one attached hydrogen (secondary N) is 1. The number of rotatable bonds is 6. The number of pyridine rings is 1. The third-order valence-electron chi connectivity index (χ3n) is 4.50. The summed E-state index contributed by atoms with van der Waals surface area (Å²) in [6, 6.07) is 13.4. The normalized spacial score (nSPS) is 10.6. The molecule has 0 aliphatic heterocycles. The summed E-state index contributed by atoms with van der Waals surface area (Å²) in [4.78, 5) is 36.9. The fourth-order valence-corrected chi connectivity index (χ4v) is 3.14. The standard InChI is InChI=1S/C22H22N2O5/c1-4-29-22(27)15-8-10-16(11-9-15)23-19(25)13-24-20(26)12-14(2)17-6-5-7-18(28-3)21(17)24/h5-12H,4,13H2,1-3H3,(H,23,25). The minimum absolute atomic E-state index is 0.171. The summed E-state index contributed by atoms with van der Waals surface area (Å²) < 4.78 is 11.7. The fourth-order valence-electron chi connectivity index (χ4n) is 3.14. The molecule has 0 spiro atoms. The highest BCUT2D eigenvalue weighted by Gasteiger charge is 2.14. The van der Waals surface area contributed by atoms with Gasteiger partial charge >= 0.3 is 5.97 Å². The van der Waals surface area contributed by atoms with Crippen LogP contribution in [0.4, 0.5) is 5.69 Å². The molecule has 0 bridgehead atoms. The molecule has 0 saturated heterocycles. The van der Waals surface area contributed by atoms with E-state index in [1.165, 1.54) is 17.7 Å². The number of hydrogen-bond donors (Lipinski definition) is 1.